The summed E-state index contributed by atoms with van der Waals surface area (Å²) in [4.78, 5) is 22.8. The van der Waals surface area contributed by atoms with Gasteiger partial charge >= 0.3 is 0 Å². The van der Waals surface area contributed by atoms with Crippen molar-refractivity contribution in [1.29, 1.82) is 0 Å². The third-order valence-electron chi connectivity index (χ3n) is 4.30. The Labute approximate surface area is 160 Å². The number of rotatable bonds is 8. The van der Waals surface area contributed by atoms with Crippen LogP contribution in [0, 0.1) is 0 Å². The van der Waals surface area contributed by atoms with E-state index in [0.717, 1.165) is 25.2 Å². The van der Waals surface area contributed by atoms with Crippen molar-refractivity contribution in [2.24, 2.45) is 0 Å². The quantitative estimate of drug-likeness (QED) is 0.625. The zero-order valence-electron chi connectivity index (χ0n) is 15.5. The van der Waals surface area contributed by atoms with Crippen molar-refractivity contribution < 1.29 is 4.79 Å². The van der Waals surface area contributed by atoms with Gasteiger partial charge in [-0.05, 0) is 24.0 Å². The van der Waals surface area contributed by atoms with E-state index in [2.05, 4.69) is 39.6 Å². The molecule has 0 saturated carbocycles. The van der Waals surface area contributed by atoms with E-state index in [1.807, 2.05) is 48.3 Å². The Morgan fingerprint density at radius 1 is 0.926 bits per heavy atom. The predicted octanol–water partition coefficient (Wildman–Crippen LogP) is 3.48. The van der Waals surface area contributed by atoms with Crippen molar-refractivity contribution in [3.8, 4) is 0 Å². The van der Waals surface area contributed by atoms with Crippen LogP contribution in [0.2, 0.25) is 0 Å². The molecule has 3 aromatic rings. The van der Waals surface area contributed by atoms with Crippen LogP contribution in [0.15, 0.2) is 73.1 Å². The van der Waals surface area contributed by atoms with Gasteiger partial charge in [0.15, 0.2) is 0 Å². The molecule has 5 nitrogen and oxygen atoms in total. The lowest BCUT2D eigenvalue weighted by atomic mass is 10.1. The Kier molecular flexibility index (Phi) is 6.52. The zero-order chi connectivity index (χ0) is 18.9. The molecule has 1 aromatic heterocycles. The fraction of sp³-hybridized carbons (Fsp3) is 0.227. The monoisotopic (exact) mass is 360 g/mol. The molecule has 3 rings (SSSR count). The van der Waals surface area contributed by atoms with E-state index in [1.54, 1.807) is 6.20 Å². The highest BCUT2D eigenvalue weighted by molar-refractivity contribution is 5.91. The van der Waals surface area contributed by atoms with Crippen molar-refractivity contribution in [2.45, 2.75) is 19.4 Å². The number of benzene rings is 2. The normalized spacial score (nSPS) is 10.4. The molecule has 0 spiro atoms. The number of hydrogen-bond donors (Lipinski definition) is 1. The van der Waals surface area contributed by atoms with Gasteiger partial charge in [0.2, 0.25) is 0 Å². The standard InChI is InChI=1S/C22H24N4O/c1-26(17-19-11-6-3-7-12-19)21-16-24-20(15-25-21)22(27)23-14-8-13-18-9-4-2-5-10-18/h2-7,9-12,15-16H,8,13-14,17H2,1H3,(H,23,27). The predicted molar refractivity (Wildman–Crippen MR) is 108 cm³/mol. The van der Waals surface area contributed by atoms with E-state index in [0.29, 0.717) is 12.2 Å². The first kappa shape index (κ1) is 18.6. The average Bonchev–Trinajstić information content (AvgIpc) is 2.72. The Morgan fingerprint density at radius 3 is 2.22 bits per heavy atom. The van der Waals surface area contributed by atoms with Crippen molar-refractivity contribution >= 4 is 11.7 Å². The molecular weight excluding hydrogens is 336 g/mol. The third-order valence-corrected chi connectivity index (χ3v) is 4.30. The fourth-order valence-corrected chi connectivity index (χ4v) is 2.80. The van der Waals surface area contributed by atoms with Gasteiger partial charge in [0.1, 0.15) is 11.5 Å². The second-order valence-corrected chi connectivity index (χ2v) is 6.45. The Morgan fingerprint density at radius 2 is 1.59 bits per heavy atom. The summed E-state index contributed by atoms with van der Waals surface area (Å²) >= 11 is 0. The van der Waals surface area contributed by atoms with E-state index in [1.165, 1.54) is 17.3 Å². The van der Waals surface area contributed by atoms with Gasteiger partial charge in [-0.15, -0.1) is 0 Å². The van der Waals surface area contributed by atoms with Crippen molar-refractivity contribution in [3.63, 3.8) is 0 Å². The minimum Gasteiger partial charge on any atom is -0.354 e. The summed E-state index contributed by atoms with van der Waals surface area (Å²) in [6, 6.07) is 20.4. The first-order chi connectivity index (χ1) is 13.2. The highest BCUT2D eigenvalue weighted by atomic mass is 16.1. The largest absolute Gasteiger partial charge is 0.354 e. The summed E-state index contributed by atoms with van der Waals surface area (Å²) < 4.78 is 0. The Hall–Kier alpha value is -3.21. The van der Waals surface area contributed by atoms with Crippen molar-refractivity contribution in [1.82, 2.24) is 15.3 Å². The molecule has 5 heteroatoms. The number of nitrogens with one attached hydrogen (secondary N) is 1. The second kappa shape index (κ2) is 9.48. The molecule has 138 valence electrons. The van der Waals surface area contributed by atoms with Gasteiger partial charge in [-0.2, -0.15) is 0 Å². The summed E-state index contributed by atoms with van der Waals surface area (Å²) in [6.07, 6.45) is 5.00. The Balaban J connectivity index is 1.46. The number of amides is 1. The first-order valence-corrected chi connectivity index (χ1v) is 9.11. The first-order valence-electron chi connectivity index (χ1n) is 9.11. The summed E-state index contributed by atoms with van der Waals surface area (Å²) in [7, 11) is 1.96. The fourth-order valence-electron chi connectivity index (χ4n) is 2.80. The molecule has 1 amide bonds. The van der Waals surface area contributed by atoms with Crippen LogP contribution in [0.3, 0.4) is 0 Å². The van der Waals surface area contributed by atoms with Gasteiger partial charge in [-0.25, -0.2) is 9.97 Å². The summed E-state index contributed by atoms with van der Waals surface area (Å²) in [5.74, 6) is 0.548. The van der Waals surface area contributed by atoms with Gasteiger partial charge < -0.3 is 10.2 Å². The lowest BCUT2D eigenvalue weighted by Gasteiger charge is -2.17. The average molecular weight is 360 g/mol. The molecule has 0 radical (unpaired) electrons. The van der Waals surface area contributed by atoms with Crippen LogP contribution < -0.4 is 10.2 Å². The minimum absolute atomic E-state index is 0.187. The van der Waals surface area contributed by atoms with E-state index in [-0.39, 0.29) is 5.91 Å². The molecule has 0 fully saturated rings. The molecule has 0 aliphatic carbocycles. The van der Waals surface area contributed by atoms with Gasteiger partial charge in [-0.3, -0.25) is 4.79 Å². The third kappa shape index (κ3) is 5.64. The SMILES string of the molecule is CN(Cc1ccccc1)c1cnc(C(=O)NCCCc2ccccc2)cn1. The lowest BCUT2D eigenvalue weighted by Crippen LogP contribution is -2.26. The van der Waals surface area contributed by atoms with Gasteiger partial charge in [-0.1, -0.05) is 60.7 Å². The van der Waals surface area contributed by atoms with E-state index in [9.17, 15) is 4.79 Å². The maximum Gasteiger partial charge on any atom is 0.271 e. The summed E-state index contributed by atoms with van der Waals surface area (Å²) in [5, 5.41) is 2.90. The molecular formula is C22H24N4O. The van der Waals surface area contributed by atoms with Crippen LogP contribution in [0.1, 0.15) is 28.0 Å². The molecule has 2 aromatic carbocycles. The molecule has 0 aliphatic heterocycles. The van der Waals surface area contributed by atoms with Gasteiger partial charge in [0, 0.05) is 20.1 Å². The van der Waals surface area contributed by atoms with E-state index >= 15 is 0 Å². The van der Waals surface area contributed by atoms with Crippen LogP contribution in [-0.2, 0) is 13.0 Å². The summed E-state index contributed by atoms with van der Waals surface area (Å²) in [5.41, 5.74) is 2.81. The number of carbonyl (C=O) groups excluding carboxylic acids is 1. The molecule has 0 unspecified atom stereocenters. The van der Waals surface area contributed by atoms with Crippen LogP contribution in [0.4, 0.5) is 5.82 Å². The Bertz CT molecular complexity index is 835. The van der Waals surface area contributed by atoms with Crippen molar-refractivity contribution in [2.75, 3.05) is 18.5 Å². The summed E-state index contributed by atoms with van der Waals surface area (Å²) in [6.45, 7) is 1.35. The highest BCUT2D eigenvalue weighted by Crippen LogP contribution is 2.11. The molecule has 1 N–H and O–H groups in total. The lowest BCUT2D eigenvalue weighted by molar-refractivity contribution is 0.0948. The smallest absolute Gasteiger partial charge is 0.271 e. The van der Waals surface area contributed by atoms with Crippen LogP contribution in [-0.4, -0.2) is 29.5 Å². The topological polar surface area (TPSA) is 58.1 Å². The number of carbonyl (C=O) groups is 1. The van der Waals surface area contributed by atoms with E-state index < -0.39 is 0 Å². The second-order valence-electron chi connectivity index (χ2n) is 6.45. The maximum atomic E-state index is 12.2. The molecule has 27 heavy (non-hydrogen) atoms. The van der Waals surface area contributed by atoms with Crippen LogP contribution in [0.5, 0.6) is 0 Å². The minimum atomic E-state index is -0.187. The van der Waals surface area contributed by atoms with E-state index in [4.69, 9.17) is 0 Å². The van der Waals surface area contributed by atoms with Gasteiger partial charge in [0.05, 0.1) is 12.4 Å². The number of aromatic nitrogens is 2. The van der Waals surface area contributed by atoms with Crippen LogP contribution >= 0.6 is 0 Å². The molecule has 0 atom stereocenters. The maximum absolute atomic E-state index is 12.2. The molecule has 0 bridgehead atoms. The zero-order valence-corrected chi connectivity index (χ0v) is 15.5. The molecule has 0 aliphatic rings. The number of anilines is 1. The van der Waals surface area contributed by atoms with Crippen LogP contribution in [0.25, 0.3) is 0 Å². The number of nitrogens with zero attached hydrogens (tertiary/aromatic N) is 3. The molecule has 0 saturated heterocycles. The number of hydrogen-bond acceptors (Lipinski definition) is 4. The number of aryl methyl sites for hydroxylation is 1. The highest BCUT2D eigenvalue weighted by Gasteiger charge is 2.09. The molecule has 1 heterocycles. The van der Waals surface area contributed by atoms with Crippen molar-refractivity contribution in [3.05, 3.63) is 89.9 Å². The van der Waals surface area contributed by atoms with Gasteiger partial charge in [0.25, 0.3) is 5.91 Å².